The number of rotatable bonds is 5. The quantitative estimate of drug-likeness (QED) is 0.710. The van der Waals surface area contributed by atoms with Crippen LogP contribution in [0.5, 0.6) is 0 Å². The number of carbonyl (C=O) groups is 1. The van der Waals surface area contributed by atoms with Gasteiger partial charge in [-0.3, -0.25) is 4.79 Å². The number of hydrogen-bond donors (Lipinski definition) is 1. The van der Waals surface area contributed by atoms with Crippen LogP contribution in [0.4, 0.5) is 0 Å². The number of nitrogens with one attached hydrogen (secondary N) is 1. The highest BCUT2D eigenvalue weighted by Crippen LogP contribution is 2.61. The van der Waals surface area contributed by atoms with Crippen LogP contribution in [-0.4, -0.2) is 37.8 Å². The lowest BCUT2D eigenvalue weighted by molar-refractivity contribution is -0.130. The Morgan fingerprint density at radius 1 is 1.00 bits per heavy atom. The molecule has 4 saturated carbocycles. The minimum absolute atomic E-state index is 0.0856. The van der Waals surface area contributed by atoms with Crippen molar-refractivity contribution in [1.82, 2.24) is 9.62 Å². The summed E-state index contributed by atoms with van der Waals surface area (Å²) in [6.45, 7) is 6.98. The first kappa shape index (κ1) is 22.4. The summed E-state index contributed by atoms with van der Waals surface area (Å²) in [7, 11) is -3.50. The zero-order valence-electron chi connectivity index (χ0n) is 19.8. The van der Waals surface area contributed by atoms with Crippen LogP contribution in [0, 0.1) is 42.9 Å². The molecule has 0 aromatic heterocycles. The van der Waals surface area contributed by atoms with Crippen LogP contribution in [-0.2, 0) is 14.8 Å². The summed E-state index contributed by atoms with van der Waals surface area (Å²) in [4.78, 5) is 13.5. The van der Waals surface area contributed by atoms with Gasteiger partial charge in [-0.1, -0.05) is 6.07 Å². The molecule has 0 spiro atoms. The van der Waals surface area contributed by atoms with Crippen LogP contribution < -0.4 is 5.32 Å². The molecule has 5 aliphatic rings. The summed E-state index contributed by atoms with van der Waals surface area (Å²) in [6, 6.07) is 5.55. The van der Waals surface area contributed by atoms with Crippen LogP contribution in [0.25, 0.3) is 0 Å². The highest BCUT2D eigenvalue weighted by atomic mass is 32.2. The first-order chi connectivity index (χ1) is 15.2. The third kappa shape index (κ3) is 3.91. The average molecular weight is 459 g/mol. The summed E-state index contributed by atoms with van der Waals surface area (Å²) in [5, 5.41) is 3.40. The fourth-order valence-electron chi connectivity index (χ4n) is 7.57. The predicted octanol–water partition coefficient (Wildman–Crippen LogP) is 4.43. The Morgan fingerprint density at radius 3 is 2.09 bits per heavy atom. The summed E-state index contributed by atoms with van der Waals surface area (Å²) in [5.74, 6) is 2.67. The Balaban J connectivity index is 1.19. The molecule has 4 bridgehead atoms. The molecule has 1 unspecified atom stereocenters. The van der Waals surface area contributed by atoms with E-state index in [2.05, 4.69) is 12.2 Å². The Kier molecular flexibility index (Phi) is 5.68. The lowest BCUT2D eigenvalue weighted by Crippen LogP contribution is -2.56. The third-order valence-corrected chi connectivity index (χ3v) is 11.2. The number of hydrogen-bond acceptors (Lipinski definition) is 3. The fraction of sp³-hybridized carbons (Fsp3) is 0.731. The van der Waals surface area contributed by atoms with Gasteiger partial charge in [-0.25, -0.2) is 8.42 Å². The van der Waals surface area contributed by atoms with Gasteiger partial charge >= 0.3 is 0 Å². The van der Waals surface area contributed by atoms with Crippen molar-refractivity contribution in [2.75, 3.05) is 13.1 Å². The third-order valence-electron chi connectivity index (χ3n) is 9.30. The molecule has 5 fully saturated rings. The summed E-state index contributed by atoms with van der Waals surface area (Å²) in [6.07, 6.45) is 9.29. The van der Waals surface area contributed by atoms with Gasteiger partial charge in [0.15, 0.2) is 0 Å². The van der Waals surface area contributed by atoms with Gasteiger partial charge in [-0.15, -0.1) is 0 Å². The van der Waals surface area contributed by atoms with Gasteiger partial charge in [0, 0.05) is 25.0 Å². The van der Waals surface area contributed by atoms with E-state index in [1.165, 1.54) is 38.5 Å². The maximum absolute atomic E-state index is 13.1. The van der Waals surface area contributed by atoms with Crippen LogP contribution in [0.3, 0.4) is 0 Å². The second-order valence-corrected chi connectivity index (χ2v) is 13.4. The van der Waals surface area contributed by atoms with E-state index in [0.717, 1.165) is 28.9 Å². The molecule has 1 heterocycles. The number of aryl methyl sites for hydroxylation is 2. The number of benzene rings is 1. The molecule has 32 heavy (non-hydrogen) atoms. The minimum Gasteiger partial charge on any atom is -0.353 e. The minimum atomic E-state index is -3.50. The lowest BCUT2D eigenvalue weighted by Gasteiger charge is -2.59. The molecular formula is C26H38N2O3S. The van der Waals surface area contributed by atoms with Crippen molar-refractivity contribution in [3.8, 4) is 0 Å². The zero-order valence-corrected chi connectivity index (χ0v) is 20.6. The number of carbonyl (C=O) groups excluding carboxylic acids is 1. The van der Waals surface area contributed by atoms with Gasteiger partial charge in [0.05, 0.1) is 4.90 Å². The molecule has 6 heteroatoms. The molecule has 1 aromatic rings. The molecule has 1 aromatic carbocycles. The van der Waals surface area contributed by atoms with E-state index in [1.807, 2.05) is 19.9 Å². The number of nitrogens with zero attached hydrogens (tertiary/aromatic N) is 1. The van der Waals surface area contributed by atoms with Gasteiger partial charge in [0.25, 0.3) is 0 Å². The van der Waals surface area contributed by atoms with Gasteiger partial charge in [0.2, 0.25) is 15.9 Å². The van der Waals surface area contributed by atoms with E-state index in [0.29, 0.717) is 36.2 Å². The Morgan fingerprint density at radius 2 is 1.56 bits per heavy atom. The largest absolute Gasteiger partial charge is 0.353 e. The standard InChI is InChI=1S/C26H38N2O3S/c1-17-4-5-24(10-18(17)2)32(30,31)28-8-6-23(7-9-28)25(29)27-19(3)26-14-20-11-21(15-26)13-22(12-20)16-26/h4-5,10,19-23H,6-9,11-16H2,1-3H3,(H,27,29). The SMILES string of the molecule is Cc1ccc(S(=O)(=O)N2CCC(C(=O)NC(C)C34CC5CC(CC(C5)C3)C4)CC2)cc1C. The van der Waals surface area contributed by atoms with Crippen molar-refractivity contribution in [2.45, 2.75) is 83.1 Å². The van der Waals surface area contributed by atoms with E-state index in [1.54, 1.807) is 16.4 Å². The smallest absolute Gasteiger partial charge is 0.243 e. The maximum Gasteiger partial charge on any atom is 0.243 e. The first-order valence-corrected chi connectivity index (χ1v) is 14.0. The molecular weight excluding hydrogens is 420 g/mol. The van der Waals surface area contributed by atoms with Crippen LogP contribution >= 0.6 is 0 Å². The van der Waals surface area contributed by atoms with E-state index >= 15 is 0 Å². The fourth-order valence-corrected chi connectivity index (χ4v) is 9.13. The first-order valence-electron chi connectivity index (χ1n) is 12.5. The summed E-state index contributed by atoms with van der Waals surface area (Å²) < 4.78 is 27.7. The van der Waals surface area contributed by atoms with E-state index < -0.39 is 10.0 Å². The second kappa shape index (κ2) is 8.12. The zero-order chi connectivity index (χ0) is 22.7. The van der Waals surface area contributed by atoms with E-state index in [9.17, 15) is 13.2 Å². The topological polar surface area (TPSA) is 66.5 Å². The van der Waals surface area contributed by atoms with Crippen LogP contribution in [0.2, 0.25) is 0 Å². The molecule has 1 aliphatic heterocycles. The number of amides is 1. The molecule has 6 rings (SSSR count). The summed E-state index contributed by atoms with van der Waals surface area (Å²) >= 11 is 0. The Bertz CT molecular complexity index is 959. The highest BCUT2D eigenvalue weighted by molar-refractivity contribution is 7.89. The molecule has 1 saturated heterocycles. The van der Waals surface area contributed by atoms with Gasteiger partial charge in [-0.05, 0) is 119 Å². The highest BCUT2D eigenvalue weighted by Gasteiger charge is 2.53. The van der Waals surface area contributed by atoms with Gasteiger partial charge in [-0.2, -0.15) is 4.31 Å². The van der Waals surface area contributed by atoms with Gasteiger partial charge < -0.3 is 5.32 Å². The van der Waals surface area contributed by atoms with Crippen LogP contribution in [0.15, 0.2) is 23.1 Å². The van der Waals surface area contributed by atoms with Crippen molar-refractivity contribution >= 4 is 15.9 Å². The van der Waals surface area contributed by atoms with Gasteiger partial charge in [0.1, 0.15) is 0 Å². The molecule has 1 atom stereocenters. The normalized spacial score (nSPS) is 33.9. The average Bonchev–Trinajstić information content (AvgIpc) is 2.74. The molecule has 176 valence electrons. The monoisotopic (exact) mass is 458 g/mol. The van der Waals surface area contributed by atoms with Crippen molar-refractivity contribution in [1.29, 1.82) is 0 Å². The number of piperidine rings is 1. The lowest BCUT2D eigenvalue weighted by atomic mass is 9.48. The molecule has 1 amide bonds. The Hall–Kier alpha value is -1.40. The Labute approximate surface area is 193 Å². The molecule has 5 nitrogen and oxygen atoms in total. The van der Waals surface area contributed by atoms with Crippen molar-refractivity contribution < 1.29 is 13.2 Å². The van der Waals surface area contributed by atoms with Crippen molar-refractivity contribution in [3.05, 3.63) is 29.3 Å². The van der Waals surface area contributed by atoms with E-state index in [-0.39, 0.29) is 17.9 Å². The second-order valence-electron chi connectivity index (χ2n) is 11.4. The van der Waals surface area contributed by atoms with Crippen LogP contribution in [0.1, 0.15) is 69.4 Å². The summed E-state index contributed by atoms with van der Waals surface area (Å²) in [5.41, 5.74) is 2.38. The van der Waals surface area contributed by atoms with Crippen molar-refractivity contribution in [3.63, 3.8) is 0 Å². The molecule has 0 radical (unpaired) electrons. The maximum atomic E-state index is 13.1. The van der Waals surface area contributed by atoms with E-state index in [4.69, 9.17) is 0 Å². The van der Waals surface area contributed by atoms with Crippen molar-refractivity contribution in [2.24, 2.45) is 29.1 Å². The predicted molar refractivity (Wildman–Crippen MR) is 126 cm³/mol. The molecule has 4 aliphatic carbocycles. The molecule has 1 N–H and O–H groups in total. The number of sulfonamides is 1.